The third-order valence-electron chi connectivity index (χ3n) is 3.73. The first-order valence-corrected chi connectivity index (χ1v) is 8.06. The minimum atomic E-state index is -1.09. The minimum absolute atomic E-state index is 0.0657. The molecule has 0 saturated carbocycles. The number of carboxylic acids is 1. The van der Waals surface area contributed by atoms with Crippen molar-refractivity contribution >= 4 is 11.9 Å². The summed E-state index contributed by atoms with van der Waals surface area (Å²) in [6.45, 7) is 0.655. The van der Waals surface area contributed by atoms with Crippen LogP contribution in [0.5, 0.6) is 5.75 Å². The number of aromatic carboxylic acids is 1. The highest BCUT2D eigenvalue weighted by molar-refractivity contribution is 5.89. The first-order chi connectivity index (χ1) is 12.6. The van der Waals surface area contributed by atoms with Gasteiger partial charge in [0.15, 0.2) is 12.9 Å². The van der Waals surface area contributed by atoms with Crippen molar-refractivity contribution in [3.05, 3.63) is 65.2 Å². The molecule has 3 rings (SSSR count). The second-order valence-corrected chi connectivity index (χ2v) is 5.56. The highest BCUT2D eigenvalue weighted by Crippen LogP contribution is 2.29. The van der Waals surface area contributed by atoms with Gasteiger partial charge in [0, 0.05) is 5.56 Å². The zero-order valence-electron chi connectivity index (χ0n) is 13.9. The van der Waals surface area contributed by atoms with Gasteiger partial charge in [-0.15, -0.1) is 0 Å². The quantitative estimate of drug-likeness (QED) is 0.761. The number of hydrogen-bond donors (Lipinski definition) is 1. The van der Waals surface area contributed by atoms with Gasteiger partial charge in [0.1, 0.15) is 12.4 Å². The van der Waals surface area contributed by atoms with Crippen LogP contribution in [0, 0.1) is 0 Å². The zero-order valence-corrected chi connectivity index (χ0v) is 13.9. The third-order valence-corrected chi connectivity index (χ3v) is 3.73. The average molecular weight is 358 g/mol. The second kappa shape index (κ2) is 8.46. The van der Waals surface area contributed by atoms with E-state index in [2.05, 4.69) is 0 Å². The molecule has 1 N–H and O–H groups in total. The summed E-state index contributed by atoms with van der Waals surface area (Å²) < 4.78 is 21.3. The Hall–Kier alpha value is -2.90. The van der Waals surface area contributed by atoms with Gasteiger partial charge in [0.25, 0.3) is 0 Å². The molecule has 0 amide bonds. The number of carboxylic acid groups (broad SMARTS) is 1. The predicted octanol–water partition coefficient (Wildman–Crippen LogP) is 2.55. The van der Waals surface area contributed by atoms with Crippen LogP contribution in [0.1, 0.15) is 27.8 Å². The molecule has 1 fully saturated rings. The van der Waals surface area contributed by atoms with Crippen LogP contribution in [-0.4, -0.2) is 36.9 Å². The van der Waals surface area contributed by atoms with E-state index in [1.165, 1.54) is 18.2 Å². The zero-order chi connectivity index (χ0) is 18.4. The molecule has 1 saturated heterocycles. The van der Waals surface area contributed by atoms with Crippen molar-refractivity contribution in [2.45, 2.75) is 12.9 Å². The van der Waals surface area contributed by atoms with Crippen molar-refractivity contribution in [1.29, 1.82) is 0 Å². The Labute approximate surface area is 150 Å². The average Bonchev–Trinajstić information content (AvgIpc) is 3.20. The molecule has 0 radical (unpaired) electrons. The Bertz CT molecular complexity index is 767. The maximum Gasteiger partial charge on any atom is 0.344 e. The van der Waals surface area contributed by atoms with Gasteiger partial charge in [-0.25, -0.2) is 9.59 Å². The number of rotatable bonds is 7. The Morgan fingerprint density at radius 2 is 1.81 bits per heavy atom. The summed E-state index contributed by atoms with van der Waals surface area (Å²) >= 11 is 0. The fraction of sp³-hybridized carbons (Fsp3) is 0.263. The molecule has 1 aliphatic heterocycles. The van der Waals surface area contributed by atoms with Crippen molar-refractivity contribution < 1.29 is 33.6 Å². The van der Waals surface area contributed by atoms with Crippen molar-refractivity contribution in [1.82, 2.24) is 0 Å². The van der Waals surface area contributed by atoms with Crippen LogP contribution in [0.4, 0.5) is 0 Å². The molecule has 2 aromatic carbocycles. The number of carbonyl (C=O) groups is 2. The van der Waals surface area contributed by atoms with Crippen LogP contribution >= 0.6 is 0 Å². The molecular formula is C19H18O7. The molecule has 0 aromatic heterocycles. The summed E-state index contributed by atoms with van der Waals surface area (Å²) in [6, 6.07) is 13.7. The van der Waals surface area contributed by atoms with E-state index in [-0.39, 0.29) is 18.8 Å². The Balaban J connectivity index is 1.59. The van der Waals surface area contributed by atoms with E-state index in [9.17, 15) is 14.7 Å². The second-order valence-electron chi connectivity index (χ2n) is 5.56. The lowest BCUT2D eigenvalue weighted by Crippen LogP contribution is -2.15. The van der Waals surface area contributed by atoms with Gasteiger partial charge in [-0.3, -0.25) is 0 Å². The first kappa shape index (κ1) is 17.9. The van der Waals surface area contributed by atoms with Crippen LogP contribution in [0.3, 0.4) is 0 Å². The highest BCUT2D eigenvalue weighted by atomic mass is 16.7. The molecule has 7 heteroatoms. The molecule has 2 aromatic rings. The maximum atomic E-state index is 11.8. The van der Waals surface area contributed by atoms with Crippen molar-refractivity contribution in [2.24, 2.45) is 0 Å². The van der Waals surface area contributed by atoms with E-state index in [0.29, 0.717) is 24.5 Å². The first-order valence-electron chi connectivity index (χ1n) is 8.06. The fourth-order valence-electron chi connectivity index (χ4n) is 2.48. The monoisotopic (exact) mass is 358 g/mol. The topological polar surface area (TPSA) is 91.3 Å². The molecule has 0 unspecified atom stereocenters. The number of carbonyl (C=O) groups excluding carboxylic acids is 1. The summed E-state index contributed by atoms with van der Waals surface area (Å²) in [4.78, 5) is 23.2. The van der Waals surface area contributed by atoms with E-state index in [1.54, 1.807) is 0 Å². The van der Waals surface area contributed by atoms with E-state index >= 15 is 0 Å². The Morgan fingerprint density at radius 3 is 2.50 bits per heavy atom. The molecule has 0 spiro atoms. The molecule has 1 aliphatic rings. The van der Waals surface area contributed by atoms with Gasteiger partial charge >= 0.3 is 11.9 Å². The van der Waals surface area contributed by atoms with Gasteiger partial charge in [0.05, 0.1) is 18.8 Å². The van der Waals surface area contributed by atoms with E-state index < -0.39 is 18.2 Å². The number of benzene rings is 2. The lowest BCUT2D eigenvalue weighted by Gasteiger charge is -2.14. The summed E-state index contributed by atoms with van der Waals surface area (Å²) in [5.74, 6) is -1.28. The van der Waals surface area contributed by atoms with Crippen LogP contribution in [-0.2, 0) is 25.6 Å². The van der Waals surface area contributed by atoms with Gasteiger partial charge in [-0.1, -0.05) is 30.3 Å². The number of esters is 1. The number of ether oxygens (including phenoxy) is 4. The van der Waals surface area contributed by atoms with E-state index in [4.69, 9.17) is 18.9 Å². The lowest BCUT2D eigenvalue weighted by molar-refractivity contribution is -0.147. The van der Waals surface area contributed by atoms with Crippen LogP contribution in [0.2, 0.25) is 0 Å². The molecule has 26 heavy (non-hydrogen) atoms. The van der Waals surface area contributed by atoms with Crippen molar-refractivity contribution in [2.75, 3.05) is 19.8 Å². The molecule has 0 atom stereocenters. The molecular weight excluding hydrogens is 340 g/mol. The minimum Gasteiger partial charge on any atom is -0.482 e. The lowest BCUT2D eigenvalue weighted by atomic mass is 10.1. The van der Waals surface area contributed by atoms with Gasteiger partial charge in [-0.05, 0) is 23.8 Å². The maximum absolute atomic E-state index is 11.8. The van der Waals surface area contributed by atoms with E-state index in [1.807, 2.05) is 30.3 Å². The van der Waals surface area contributed by atoms with E-state index in [0.717, 1.165) is 5.56 Å². The number of hydrogen-bond acceptors (Lipinski definition) is 6. The summed E-state index contributed by atoms with van der Waals surface area (Å²) in [5.41, 5.74) is 1.30. The van der Waals surface area contributed by atoms with Crippen LogP contribution in [0.25, 0.3) is 0 Å². The predicted molar refractivity (Wildman–Crippen MR) is 89.8 cm³/mol. The normalized spacial score (nSPS) is 14.2. The van der Waals surface area contributed by atoms with Crippen LogP contribution < -0.4 is 4.74 Å². The molecule has 7 nitrogen and oxygen atoms in total. The summed E-state index contributed by atoms with van der Waals surface area (Å²) in [7, 11) is 0. The standard InChI is InChI=1S/C19H18O7/c20-17(26-11-13-4-2-1-3-5-13)12-25-14-6-7-15(18(21)22)16(10-14)19-23-8-9-24-19/h1-7,10,19H,8-9,11-12H2,(H,21,22). The van der Waals surface area contributed by atoms with Crippen molar-refractivity contribution in [3.8, 4) is 5.75 Å². The Kier molecular flexibility index (Phi) is 5.83. The van der Waals surface area contributed by atoms with Gasteiger partial charge < -0.3 is 24.1 Å². The molecule has 1 heterocycles. The molecule has 0 aliphatic carbocycles. The highest BCUT2D eigenvalue weighted by Gasteiger charge is 2.24. The fourth-order valence-corrected chi connectivity index (χ4v) is 2.48. The van der Waals surface area contributed by atoms with Crippen LogP contribution in [0.15, 0.2) is 48.5 Å². The smallest absolute Gasteiger partial charge is 0.344 e. The van der Waals surface area contributed by atoms with Crippen molar-refractivity contribution in [3.63, 3.8) is 0 Å². The third kappa shape index (κ3) is 4.59. The summed E-state index contributed by atoms with van der Waals surface area (Å²) in [5, 5.41) is 9.29. The molecule has 0 bridgehead atoms. The van der Waals surface area contributed by atoms with Gasteiger partial charge in [-0.2, -0.15) is 0 Å². The summed E-state index contributed by atoms with van der Waals surface area (Å²) in [6.07, 6.45) is -0.755. The van der Waals surface area contributed by atoms with Gasteiger partial charge in [0.2, 0.25) is 0 Å². The largest absolute Gasteiger partial charge is 0.482 e. The SMILES string of the molecule is O=C(COc1ccc(C(=O)O)c(C2OCCO2)c1)OCc1ccccc1. The Morgan fingerprint density at radius 1 is 1.08 bits per heavy atom. The molecule has 136 valence electrons.